The Balaban J connectivity index is 2.20. The molecule has 4 unspecified atom stereocenters. The van der Waals surface area contributed by atoms with E-state index in [1.807, 2.05) is 0 Å². The SMILES string of the molecule is CCC1NC(C)C(C)COC1c1ccccc1. The molecule has 0 amide bonds. The van der Waals surface area contributed by atoms with Crippen molar-refractivity contribution in [3.63, 3.8) is 0 Å². The lowest BCUT2D eigenvalue weighted by Gasteiger charge is -2.26. The number of hydrogen-bond donors (Lipinski definition) is 1. The summed E-state index contributed by atoms with van der Waals surface area (Å²) in [5, 5.41) is 3.70. The van der Waals surface area contributed by atoms with Gasteiger partial charge in [-0.3, -0.25) is 0 Å². The number of ether oxygens (including phenoxy) is 1. The van der Waals surface area contributed by atoms with E-state index >= 15 is 0 Å². The zero-order valence-electron chi connectivity index (χ0n) is 11.0. The zero-order valence-corrected chi connectivity index (χ0v) is 11.0. The third-order valence-electron chi connectivity index (χ3n) is 3.80. The van der Waals surface area contributed by atoms with Gasteiger partial charge in [0.25, 0.3) is 0 Å². The van der Waals surface area contributed by atoms with E-state index in [2.05, 4.69) is 56.4 Å². The van der Waals surface area contributed by atoms with Crippen molar-refractivity contribution in [2.24, 2.45) is 5.92 Å². The van der Waals surface area contributed by atoms with Gasteiger partial charge in [-0.1, -0.05) is 44.2 Å². The first-order chi connectivity index (χ1) is 8.22. The maximum Gasteiger partial charge on any atom is 0.0977 e. The minimum atomic E-state index is 0.189. The van der Waals surface area contributed by atoms with Crippen molar-refractivity contribution in [2.45, 2.75) is 45.4 Å². The molecule has 2 heteroatoms. The summed E-state index contributed by atoms with van der Waals surface area (Å²) in [5.41, 5.74) is 1.29. The summed E-state index contributed by atoms with van der Waals surface area (Å²) in [7, 11) is 0. The summed E-state index contributed by atoms with van der Waals surface area (Å²) < 4.78 is 6.11. The van der Waals surface area contributed by atoms with Crippen LogP contribution in [0.15, 0.2) is 30.3 Å². The van der Waals surface area contributed by atoms with Gasteiger partial charge in [0.15, 0.2) is 0 Å². The first kappa shape index (κ1) is 12.6. The van der Waals surface area contributed by atoms with Gasteiger partial charge >= 0.3 is 0 Å². The van der Waals surface area contributed by atoms with E-state index in [9.17, 15) is 0 Å². The lowest BCUT2D eigenvalue weighted by atomic mass is 9.99. The van der Waals surface area contributed by atoms with Crippen molar-refractivity contribution in [1.82, 2.24) is 5.32 Å². The van der Waals surface area contributed by atoms with Crippen molar-refractivity contribution in [2.75, 3.05) is 6.61 Å². The molecule has 2 rings (SSSR count). The number of hydrogen-bond acceptors (Lipinski definition) is 2. The fourth-order valence-corrected chi connectivity index (χ4v) is 2.41. The van der Waals surface area contributed by atoms with Crippen molar-refractivity contribution in [3.05, 3.63) is 35.9 Å². The second kappa shape index (κ2) is 5.65. The molecule has 0 radical (unpaired) electrons. The highest BCUT2D eigenvalue weighted by Gasteiger charge is 2.29. The van der Waals surface area contributed by atoms with Gasteiger partial charge in [-0.2, -0.15) is 0 Å². The molecule has 0 spiro atoms. The van der Waals surface area contributed by atoms with Crippen LogP contribution in [0.2, 0.25) is 0 Å². The van der Waals surface area contributed by atoms with Gasteiger partial charge in [0.1, 0.15) is 0 Å². The van der Waals surface area contributed by atoms with Gasteiger partial charge in [-0.05, 0) is 24.8 Å². The van der Waals surface area contributed by atoms with Gasteiger partial charge in [-0.15, -0.1) is 0 Å². The summed E-state index contributed by atoms with van der Waals surface area (Å²) in [4.78, 5) is 0. The largest absolute Gasteiger partial charge is 0.372 e. The summed E-state index contributed by atoms with van der Waals surface area (Å²) in [6, 6.07) is 11.5. The molecule has 1 heterocycles. The molecule has 1 N–H and O–H groups in total. The molecule has 17 heavy (non-hydrogen) atoms. The van der Waals surface area contributed by atoms with E-state index in [0.29, 0.717) is 18.0 Å². The number of benzene rings is 1. The van der Waals surface area contributed by atoms with E-state index in [0.717, 1.165) is 13.0 Å². The summed E-state index contributed by atoms with van der Waals surface area (Å²) in [6.07, 6.45) is 1.28. The molecule has 94 valence electrons. The standard InChI is InChI=1S/C15H23NO/c1-4-14-15(13-8-6-5-7-9-13)17-10-11(2)12(3)16-14/h5-9,11-12,14-16H,4,10H2,1-3H3. The molecule has 0 aromatic heterocycles. The summed E-state index contributed by atoms with van der Waals surface area (Å²) >= 11 is 0. The van der Waals surface area contributed by atoms with Crippen LogP contribution < -0.4 is 5.32 Å². The minimum absolute atomic E-state index is 0.189. The van der Waals surface area contributed by atoms with Crippen molar-refractivity contribution >= 4 is 0 Å². The fraction of sp³-hybridized carbons (Fsp3) is 0.600. The third-order valence-corrected chi connectivity index (χ3v) is 3.80. The Morgan fingerprint density at radius 3 is 2.59 bits per heavy atom. The smallest absolute Gasteiger partial charge is 0.0977 e. The average Bonchev–Trinajstić information content (AvgIpc) is 2.51. The van der Waals surface area contributed by atoms with Gasteiger partial charge in [0.2, 0.25) is 0 Å². The van der Waals surface area contributed by atoms with Gasteiger partial charge in [0, 0.05) is 12.1 Å². The van der Waals surface area contributed by atoms with Crippen LogP contribution in [-0.2, 0) is 4.74 Å². The molecule has 1 aliphatic heterocycles. The zero-order chi connectivity index (χ0) is 12.3. The van der Waals surface area contributed by atoms with E-state index in [4.69, 9.17) is 4.74 Å². The highest BCUT2D eigenvalue weighted by atomic mass is 16.5. The Morgan fingerprint density at radius 1 is 1.24 bits per heavy atom. The lowest BCUT2D eigenvalue weighted by molar-refractivity contribution is 0.0287. The molecule has 1 fully saturated rings. The van der Waals surface area contributed by atoms with Crippen LogP contribution in [0.25, 0.3) is 0 Å². The Hall–Kier alpha value is -0.860. The molecule has 1 saturated heterocycles. The Labute approximate surface area is 104 Å². The molecule has 0 bridgehead atoms. The molecular formula is C15H23NO. The first-order valence-electron chi connectivity index (χ1n) is 6.65. The molecule has 0 aliphatic carbocycles. The van der Waals surface area contributed by atoms with Crippen LogP contribution >= 0.6 is 0 Å². The topological polar surface area (TPSA) is 21.3 Å². The Bertz CT molecular complexity index is 338. The lowest BCUT2D eigenvalue weighted by Crippen LogP contribution is -2.40. The predicted octanol–water partition coefficient (Wildman–Crippen LogP) is 3.15. The van der Waals surface area contributed by atoms with Crippen LogP contribution in [0.5, 0.6) is 0 Å². The van der Waals surface area contributed by atoms with Gasteiger partial charge < -0.3 is 10.1 Å². The van der Waals surface area contributed by atoms with Crippen LogP contribution in [0, 0.1) is 5.92 Å². The second-order valence-corrected chi connectivity index (χ2v) is 5.11. The minimum Gasteiger partial charge on any atom is -0.372 e. The molecule has 2 nitrogen and oxygen atoms in total. The first-order valence-corrected chi connectivity index (χ1v) is 6.65. The molecule has 1 aromatic rings. The molecule has 1 aliphatic rings. The maximum atomic E-state index is 6.11. The van der Waals surface area contributed by atoms with Crippen LogP contribution in [0.4, 0.5) is 0 Å². The van der Waals surface area contributed by atoms with Crippen LogP contribution in [0.3, 0.4) is 0 Å². The van der Waals surface area contributed by atoms with E-state index in [1.54, 1.807) is 0 Å². The summed E-state index contributed by atoms with van der Waals surface area (Å²) in [5.74, 6) is 0.567. The fourth-order valence-electron chi connectivity index (χ4n) is 2.41. The van der Waals surface area contributed by atoms with Gasteiger partial charge in [0.05, 0.1) is 12.7 Å². The predicted molar refractivity (Wildman–Crippen MR) is 71.0 cm³/mol. The summed E-state index contributed by atoms with van der Waals surface area (Å²) in [6.45, 7) is 7.56. The van der Waals surface area contributed by atoms with Crippen molar-refractivity contribution in [1.29, 1.82) is 0 Å². The highest BCUT2D eigenvalue weighted by molar-refractivity contribution is 5.19. The quantitative estimate of drug-likeness (QED) is 0.847. The third kappa shape index (κ3) is 2.88. The van der Waals surface area contributed by atoms with Gasteiger partial charge in [-0.25, -0.2) is 0 Å². The maximum absolute atomic E-state index is 6.11. The van der Waals surface area contributed by atoms with Crippen LogP contribution in [0.1, 0.15) is 38.9 Å². The molecular weight excluding hydrogens is 210 g/mol. The van der Waals surface area contributed by atoms with E-state index in [1.165, 1.54) is 5.56 Å². The van der Waals surface area contributed by atoms with Crippen LogP contribution in [-0.4, -0.2) is 18.7 Å². The monoisotopic (exact) mass is 233 g/mol. The van der Waals surface area contributed by atoms with E-state index < -0.39 is 0 Å². The number of nitrogens with one attached hydrogen (secondary N) is 1. The molecule has 0 saturated carbocycles. The Morgan fingerprint density at radius 2 is 1.94 bits per heavy atom. The highest BCUT2D eigenvalue weighted by Crippen LogP contribution is 2.27. The van der Waals surface area contributed by atoms with E-state index in [-0.39, 0.29) is 6.10 Å². The Kier molecular flexibility index (Phi) is 4.19. The average molecular weight is 233 g/mol. The van der Waals surface area contributed by atoms with Crippen molar-refractivity contribution < 1.29 is 4.74 Å². The normalized spacial score (nSPS) is 34.3. The number of rotatable bonds is 2. The van der Waals surface area contributed by atoms with Crippen molar-refractivity contribution in [3.8, 4) is 0 Å². The molecule has 4 atom stereocenters. The second-order valence-electron chi connectivity index (χ2n) is 5.11. The molecule has 1 aromatic carbocycles.